The molecule has 0 spiro atoms. The Morgan fingerprint density at radius 3 is 2.02 bits per heavy atom. The lowest BCUT2D eigenvalue weighted by molar-refractivity contribution is -0.350. The van der Waals surface area contributed by atoms with Gasteiger partial charge in [-0.3, -0.25) is 4.79 Å². The predicted molar refractivity (Wildman–Crippen MR) is 146 cm³/mol. The van der Waals surface area contributed by atoms with E-state index in [1.54, 1.807) is 0 Å². The molecule has 3 aromatic rings. The number of fused-ring (bicyclic) bond motifs is 1. The van der Waals surface area contributed by atoms with Crippen molar-refractivity contribution < 1.29 is 83.6 Å². The number of methoxy groups -OCH3 is 1. The number of carboxylic acids is 2. The SMILES string of the molecule is COc1cc(-c2cc(=O)c3c(O)cc(OC4OC(C(=O)O)C(O)C(O)C4OC4OC(C(=O)O)C(O)C(O)C4O)cc3o2)ccc1O. The maximum Gasteiger partial charge on any atom is 0.335 e. The molecule has 248 valence electrons. The topological polar surface area (TPSA) is 293 Å². The first-order chi connectivity index (χ1) is 21.7. The summed E-state index contributed by atoms with van der Waals surface area (Å²) in [7, 11) is 1.31. The van der Waals surface area contributed by atoms with E-state index >= 15 is 0 Å². The molecule has 10 atom stereocenters. The van der Waals surface area contributed by atoms with Crippen molar-refractivity contribution in [2.75, 3.05) is 7.11 Å². The van der Waals surface area contributed by atoms with Crippen LogP contribution in [0.15, 0.2) is 45.6 Å². The Hall–Kier alpha value is -4.53. The highest BCUT2D eigenvalue weighted by Crippen LogP contribution is 2.36. The van der Waals surface area contributed by atoms with E-state index in [0.29, 0.717) is 5.56 Å². The molecule has 2 saturated heterocycles. The number of carboxylic acid groups (broad SMARTS) is 2. The minimum absolute atomic E-state index is 0.0240. The second kappa shape index (κ2) is 12.7. The lowest BCUT2D eigenvalue weighted by Gasteiger charge is -2.44. The highest BCUT2D eigenvalue weighted by atomic mass is 16.8. The summed E-state index contributed by atoms with van der Waals surface area (Å²) in [6.45, 7) is 0. The van der Waals surface area contributed by atoms with Gasteiger partial charge in [0.2, 0.25) is 6.29 Å². The zero-order valence-corrected chi connectivity index (χ0v) is 23.4. The van der Waals surface area contributed by atoms with E-state index in [9.17, 15) is 60.3 Å². The average Bonchev–Trinajstić information content (AvgIpc) is 3.00. The minimum Gasteiger partial charge on any atom is -0.507 e. The van der Waals surface area contributed by atoms with E-state index in [2.05, 4.69) is 0 Å². The molecule has 0 aliphatic carbocycles. The van der Waals surface area contributed by atoms with Gasteiger partial charge in [0, 0.05) is 23.8 Å². The predicted octanol–water partition coefficient (Wildman–Crippen LogP) is -1.93. The molecule has 46 heavy (non-hydrogen) atoms. The molecule has 2 aliphatic heterocycles. The summed E-state index contributed by atoms with van der Waals surface area (Å²) in [4.78, 5) is 36.2. The number of benzene rings is 2. The quantitative estimate of drug-likeness (QED) is 0.128. The zero-order valence-electron chi connectivity index (χ0n) is 23.4. The summed E-state index contributed by atoms with van der Waals surface area (Å²) >= 11 is 0. The fourth-order valence-corrected chi connectivity index (χ4v) is 5.02. The number of aliphatic hydroxyl groups is 5. The fraction of sp³-hybridized carbons (Fsp3) is 0.393. The molecule has 0 amide bonds. The monoisotopic (exact) mass is 652 g/mol. The van der Waals surface area contributed by atoms with Gasteiger partial charge in [-0.1, -0.05) is 0 Å². The molecule has 0 bridgehead atoms. The first kappa shape index (κ1) is 32.9. The van der Waals surface area contributed by atoms with Crippen molar-refractivity contribution in [3.8, 4) is 34.3 Å². The number of rotatable bonds is 8. The van der Waals surface area contributed by atoms with Gasteiger partial charge in [0.15, 0.2) is 41.5 Å². The second-order valence-electron chi connectivity index (χ2n) is 10.4. The van der Waals surface area contributed by atoms with Crippen molar-refractivity contribution in [2.24, 2.45) is 0 Å². The number of carbonyl (C=O) groups is 2. The van der Waals surface area contributed by atoms with Crippen molar-refractivity contribution in [1.82, 2.24) is 0 Å². The summed E-state index contributed by atoms with van der Waals surface area (Å²) in [6, 6.07) is 7.18. The van der Waals surface area contributed by atoms with Crippen LogP contribution in [-0.4, -0.2) is 126 Å². The van der Waals surface area contributed by atoms with E-state index in [1.165, 1.54) is 25.3 Å². The molecule has 5 rings (SSSR count). The third-order valence-corrected chi connectivity index (χ3v) is 7.39. The minimum atomic E-state index is -2.17. The summed E-state index contributed by atoms with van der Waals surface area (Å²) in [6.07, 6.45) is -20.9. The van der Waals surface area contributed by atoms with Crippen LogP contribution in [0, 0.1) is 0 Å². The Morgan fingerprint density at radius 2 is 1.39 bits per heavy atom. The molecule has 1 aromatic heterocycles. The third kappa shape index (κ3) is 6.02. The third-order valence-electron chi connectivity index (χ3n) is 7.39. The maximum atomic E-state index is 12.9. The van der Waals surface area contributed by atoms with E-state index in [-0.39, 0.29) is 34.0 Å². The van der Waals surface area contributed by atoms with Crippen molar-refractivity contribution in [1.29, 1.82) is 0 Å². The molecular weight excluding hydrogens is 624 g/mol. The number of aliphatic carboxylic acids is 2. The van der Waals surface area contributed by atoms with Crippen LogP contribution < -0.4 is 14.9 Å². The van der Waals surface area contributed by atoms with Crippen molar-refractivity contribution in [2.45, 2.75) is 61.4 Å². The molecule has 10 unspecified atom stereocenters. The van der Waals surface area contributed by atoms with Crippen LogP contribution in [0.4, 0.5) is 0 Å². The van der Waals surface area contributed by atoms with Crippen LogP contribution in [0.2, 0.25) is 0 Å². The number of hydrogen-bond acceptors (Lipinski definition) is 16. The second-order valence-corrected chi connectivity index (χ2v) is 10.4. The average molecular weight is 653 g/mol. The standard InChI is InChI=1S/C28H28O18/c1-41-14-4-8(2-3-10(14)29)13-7-12(31)16-11(30)5-9(6-15(16)43-13)42-28-24(20(35)19(34)23(45-28)26(39)40)46-27-21(36)17(32)18(33)22(44-27)25(37)38/h2-7,17-24,27-30,32-36H,1H3,(H,37,38)(H,39,40). The van der Waals surface area contributed by atoms with Gasteiger partial charge >= 0.3 is 11.9 Å². The Labute approximate surface area is 256 Å². The van der Waals surface area contributed by atoms with Crippen LogP contribution >= 0.6 is 0 Å². The normalized spacial score (nSPS) is 31.3. The highest BCUT2D eigenvalue weighted by molar-refractivity contribution is 5.86. The van der Waals surface area contributed by atoms with Gasteiger partial charge < -0.3 is 74.1 Å². The highest BCUT2D eigenvalue weighted by Gasteiger charge is 2.54. The van der Waals surface area contributed by atoms with Gasteiger partial charge in [-0.05, 0) is 18.2 Å². The fourth-order valence-electron chi connectivity index (χ4n) is 5.02. The Balaban J connectivity index is 1.51. The molecule has 0 saturated carbocycles. The van der Waals surface area contributed by atoms with Gasteiger partial charge in [0.1, 0.15) is 58.7 Å². The summed E-state index contributed by atoms with van der Waals surface area (Å²) in [5, 5.41) is 90.8. The van der Waals surface area contributed by atoms with Crippen molar-refractivity contribution in [3.05, 3.63) is 46.6 Å². The van der Waals surface area contributed by atoms with Gasteiger partial charge in [0.05, 0.1) is 7.11 Å². The maximum absolute atomic E-state index is 12.9. The van der Waals surface area contributed by atoms with E-state index in [4.69, 9.17) is 28.1 Å². The summed E-state index contributed by atoms with van der Waals surface area (Å²) in [5.74, 6) is -4.64. The van der Waals surface area contributed by atoms with Crippen LogP contribution in [-0.2, 0) is 23.8 Å². The molecule has 0 radical (unpaired) electrons. The van der Waals surface area contributed by atoms with E-state index < -0.39 is 84.5 Å². The number of aliphatic hydroxyl groups excluding tert-OH is 5. The molecule has 2 fully saturated rings. The first-order valence-corrected chi connectivity index (χ1v) is 13.4. The molecule has 18 nitrogen and oxygen atoms in total. The van der Waals surface area contributed by atoms with Crippen LogP contribution in [0.5, 0.6) is 23.0 Å². The van der Waals surface area contributed by atoms with Gasteiger partial charge in [-0.25, -0.2) is 9.59 Å². The number of phenols is 2. The lowest BCUT2D eigenvalue weighted by atomic mass is 9.97. The zero-order chi connectivity index (χ0) is 33.6. The summed E-state index contributed by atoms with van der Waals surface area (Å²) in [5.41, 5.74) is -0.646. The number of hydrogen-bond donors (Lipinski definition) is 9. The van der Waals surface area contributed by atoms with Gasteiger partial charge in [-0.15, -0.1) is 0 Å². The van der Waals surface area contributed by atoms with Crippen molar-refractivity contribution in [3.63, 3.8) is 0 Å². The first-order valence-electron chi connectivity index (χ1n) is 13.4. The number of ether oxygens (including phenoxy) is 5. The Kier molecular flexibility index (Phi) is 9.07. The Bertz CT molecular complexity index is 1690. The van der Waals surface area contributed by atoms with Crippen molar-refractivity contribution >= 4 is 22.9 Å². The van der Waals surface area contributed by atoms with Crippen LogP contribution in [0.1, 0.15) is 0 Å². The molecule has 18 heteroatoms. The van der Waals surface area contributed by atoms with Gasteiger partial charge in [0.25, 0.3) is 0 Å². The smallest absolute Gasteiger partial charge is 0.335 e. The summed E-state index contributed by atoms with van der Waals surface area (Å²) < 4.78 is 32.4. The molecule has 3 heterocycles. The number of phenolic OH excluding ortho intramolecular Hbond substituents is 2. The molecule has 2 aliphatic rings. The lowest BCUT2D eigenvalue weighted by Crippen LogP contribution is -2.66. The molecular formula is C28H28O18. The van der Waals surface area contributed by atoms with Crippen LogP contribution in [0.3, 0.4) is 0 Å². The Morgan fingerprint density at radius 1 is 0.761 bits per heavy atom. The molecule has 9 N–H and O–H groups in total. The number of aromatic hydroxyl groups is 2. The van der Waals surface area contributed by atoms with Gasteiger partial charge in [-0.2, -0.15) is 0 Å². The van der Waals surface area contributed by atoms with E-state index in [0.717, 1.165) is 18.2 Å². The van der Waals surface area contributed by atoms with E-state index in [1.807, 2.05) is 0 Å². The molecule has 2 aromatic carbocycles. The van der Waals surface area contributed by atoms with Crippen LogP contribution in [0.25, 0.3) is 22.3 Å². The largest absolute Gasteiger partial charge is 0.507 e.